The Morgan fingerprint density at radius 1 is 1.19 bits per heavy atom. The number of aromatic nitrogens is 4. The number of benzene rings is 1. The Kier molecular flexibility index (Phi) is 6.48. The molecule has 0 radical (unpaired) electrons. The molecule has 1 amide bonds. The molecule has 2 heterocycles. The highest BCUT2D eigenvalue weighted by molar-refractivity contribution is 6.31. The van der Waals surface area contributed by atoms with Gasteiger partial charge in [-0.05, 0) is 44.9 Å². The molecular formula is C22H29ClN8O. The summed E-state index contributed by atoms with van der Waals surface area (Å²) in [6.07, 6.45) is 6.03. The molecule has 0 bridgehead atoms. The van der Waals surface area contributed by atoms with E-state index in [9.17, 15) is 4.79 Å². The van der Waals surface area contributed by atoms with E-state index in [1.807, 2.05) is 4.57 Å². The Morgan fingerprint density at radius 2 is 1.94 bits per heavy atom. The van der Waals surface area contributed by atoms with Crippen molar-refractivity contribution in [1.82, 2.24) is 19.5 Å². The van der Waals surface area contributed by atoms with Crippen LogP contribution >= 0.6 is 11.6 Å². The number of nitrogens with zero attached hydrogens (tertiary/aromatic N) is 4. The number of imidazole rings is 1. The maximum absolute atomic E-state index is 11.5. The van der Waals surface area contributed by atoms with Crippen molar-refractivity contribution >= 4 is 51.8 Å². The Bertz CT molecular complexity index is 1130. The average molecular weight is 457 g/mol. The SMILES string of the molecule is CC(=O)Nc1cc(Cl)cc(Nc2nc(NC3CCCCC3N)nc3c2ncn3C(C)C)c1. The fourth-order valence-corrected chi connectivity index (χ4v) is 4.26. The second kappa shape index (κ2) is 9.30. The fraction of sp³-hybridized carbons (Fsp3) is 0.455. The van der Waals surface area contributed by atoms with E-state index in [0.717, 1.165) is 31.3 Å². The van der Waals surface area contributed by atoms with Gasteiger partial charge in [-0.2, -0.15) is 9.97 Å². The summed E-state index contributed by atoms with van der Waals surface area (Å²) in [7, 11) is 0. The number of halogens is 1. The lowest BCUT2D eigenvalue weighted by Gasteiger charge is -2.29. The number of amides is 1. The van der Waals surface area contributed by atoms with Crippen LogP contribution in [-0.4, -0.2) is 37.5 Å². The smallest absolute Gasteiger partial charge is 0.227 e. The highest BCUT2D eigenvalue weighted by Gasteiger charge is 2.24. The van der Waals surface area contributed by atoms with Gasteiger partial charge < -0.3 is 26.3 Å². The van der Waals surface area contributed by atoms with Gasteiger partial charge in [0.15, 0.2) is 17.0 Å². The predicted molar refractivity (Wildman–Crippen MR) is 129 cm³/mol. The maximum Gasteiger partial charge on any atom is 0.227 e. The minimum absolute atomic E-state index is 0.0719. The van der Waals surface area contributed by atoms with Gasteiger partial charge in [-0.15, -0.1) is 0 Å². The number of fused-ring (bicyclic) bond motifs is 1. The molecule has 2 aromatic heterocycles. The second-order valence-electron chi connectivity index (χ2n) is 8.55. The third-order valence-electron chi connectivity index (χ3n) is 5.59. The van der Waals surface area contributed by atoms with Crippen LogP contribution in [0.5, 0.6) is 0 Å². The number of nitrogens with one attached hydrogen (secondary N) is 3. The molecule has 4 rings (SSSR count). The van der Waals surface area contributed by atoms with E-state index in [0.29, 0.717) is 33.7 Å². The number of anilines is 4. The Balaban J connectivity index is 1.73. The van der Waals surface area contributed by atoms with Gasteiger partial charge in [-0.3, -0.25) is 4.79 Å². The van der Waals surface area contributed by atoms with Crippen molar-refractivity contribution in [1.29, 1.82) is 0 Å². The molecule has 10 heteroatoms. The van der Waals surface area contributed by atoms with Crippen LogP contribution in [0.1, 0.15) is 52.5 Å². The average Bonchev–Trinajstić information content (AvgIpc) is 3.13. The van der Waals surface area contributed by atoms with Gasteiger partial charge >= 0.3 is 0 Å². The number of carbonyl (C=O) groups is 1. The first-order valence-electron chi connectivity index (χ1n) is 10.9. The maximum atomic E-state index is 11.5. The van der Waals surface area contributed by atoms with Crippen molar-refractivity contribution in [2.45, 2.75) is 64.6 Å². The fourth-order valence-electron chi connectivity index (χ4n) is 4.02. The summed E-state index contributed by atoms with van der Waals surface area (Å²) in [5.74, 6) is 0.889. The summed E-state index contributed by atoms with van der Waals surface area (Å²) in [5, 5.41) is 10.00. The van der Waals surface area contributed by atoms with E-state index in [4.69, 9.17) is 27.3 Å². The highest BCUT2D eigenvalue weighted by Crippen LogP contribution is 2.30. The van der Waals surface area contributed by atoms with Gasteiger partial charge in [-0.1, -0.05) is 24.4 Å². The summed E-state index contributed by atoms with van der Waals surface area (Å²) in [4.78, 5) is 25.5. The zero-order valence-corrected chi connectivity index (χ0v) is 19.3. The lowest BCUT2D eigenvalue weighted by Crippen LogP contribution is -2.43. The summed E-state index contributed by atoms with van der Waals surface area (Å²) in [5.41, 5.74) is 8.99. The number of nitrogens with two attached hydrogens (primary N) is 1. The molecule has 170 valence electrons. The molecule has 9 nitrogen and oxygen atoms in total. The molecule has 0 saturated heterocycles. The van der Waals surface area contributed by atoms with Crippen LogP contribution in [0.4, 0.5) is 23.1 Å². The third-order valence-corrected chi connectivity index (χ3v) is 5.81. The minimum atomic E-state index is -0.173. The van der Waals surface area contributed by atoms with Gasteiger partial charge in [0.1, 0.15) is 0 Å². The first kappa shape index (κ1) is 22.3. The third kappa shape index (κ3) is 4.94. The van der Waals surface area contributed by atoms with Crippen molar-refractivity contribution in [2.24, 2.45) is 5.73 Å². The van der Waals surface area contributed by atoms with Crippen LogP contribution in [0.3, 0.4) is 0 Å². The second-order valence-corrected chi connectivity index (χ2v) is 8.98. The molecule has 1 fully saturated rings. The van der Waals surface area contributed by atoms with Gasteiger partial charge in [0, 0.05) is 41.4 Å². The first-order chi connectivity index (χ1) is 15.3. The zero-order chi connectivity index (χ0) is 22.8. The van der Waals surface area contributed by atoms with Crippen molar-refractivity contribution in [3.05, 3.63) is 29.5 Å². The lowest BCUT2D eigenvalue weighted by molar-refractivity contribution is -0.114. The Morgan fingerprint density at radius 3 is 2.66 bits per heavy atom. The lowest BCUT2D eigenvalue weighted by atomic mass is 9.91. The van der Waals surface area contributed by atoms with E-state index in [-0.39, 0.29) is 24.0 Å². The van der Waals surface area contributed by atoms with Crippen molar-refractivity contribution < 1.29 is 4.79 Å². The van der Waals surface area contributed by atoms with Crippen molar-refractivity contribution in [2.75, 3.05) is 16.0 Å². The van der Waals surface area contributed by atoms with E-state index < -0.39 is 0 Å². The Labute approximate surface area is 192 Å². The van der Waals surface area contributed by atoms with Crippen LogP contribution in [0.25, 0.3) is 11.2 Å². The predicted octanol–water partition coefficient (Wildman–Crippen LogP) is 4.44. The normalized spacial score (nSPS) is 18.7. The molecule has 5 N–H and O–H groups in total. The molecule has 0 aliphatic heterocycles. The molecule has 1 saturated carbocycles. The number of hydrogen-bond acceptors (Lipinski definition) is 7. The summed E-state index contributed by atoms with van der Waals surface area (Å²) in [6.45, 7) is 5.61. The standard InChI is InChI=1S/C22H29ClN8O/c1-12(2)31-11-25-19-20(27-16-9-14(23)8-15(10-16)26-13(3)32)29-22(30-21(19)31)28-18-7-5-4-6-17(18)24/h8-12,17-18H,4-7,24H2,1-3H3,(H,26,32)(H2,27,28,29,30). The zero-order valence-electron chi connectivity index (χ0n) is 18.5. The molecule has 32 heavy (non-hydrogen) atoms. The number of rotatable bonds is 6. The molecule has 3 aromatic rings. The largest absolute Gasteiger partial charge is 0.350 e. The van der Waals surface area contributed by atoms with Crippen LogP contribution in [-0.2, 0) is 4.79 Å². The van der Waals surface area contributed by atoms with Gasteiger partial charge in [0.25, 0.3) is 0 Å². The Hall–Kier alpha value is -2.91. The number of carbonyl (C=O) groups excluding carboxylic acids is 1. The molecular weight excluding hydrogens is 428 g/mol. The summed E-state index contributed by atoms with van der Waals surface area (Å²) < 4.78 is 2.01. The highest BCUT2D eigenvalue weighted by atomic mass is 35.5. The summed E-state index contributed by atoms with van der Waals surface area (Å²) in [6, 6.07) is 5.64. The van der Waals surface area contributed by atoms with Gasteiger partial charge in [0.05, 0.1) is 6.33 Å². The van der Waals surface area contributed by atoms with Gasteiger partial charge in [0.2, 0.25) is 11.9 Å². The van der Waals surface area contributed by atoms with E-state index in [1.54, 1.807) is 24.5 Å². The van der Waals surface area contributed by atoms with Gasteiger partial charge in [-0.25, -0.2) is 4.98 Å². The molecule has 1 aliphatic rings. The van der Waals surface area contributed by atoms with Crippen LogP contribution in [0.2, 0.25) is 5.02 Å². The van der Waals surface area contributed by atoms with Crippen molar-refractivity contribution in [3.8, 4) is 0 Å². The van der Waals surface area contributed by atoms with Crippen LogP contribution in [0.15, 0.2) is 24.5 Å². The molecule has 1 aliphatic carbocycles. The summed E-state index contributed by atoms with van der Waals surface area (Å²) >= 11 is 6.27. The number of hydrogen-bond donors (Lipinski definition) is 4. The molecule has 2 atom stereocenters. The van der Waals surface area contributed by atoms with Crippen LogP contribution in [0, 0.1) is 0 Å². The minimum Gasteiger partial charge on any atom is -0.350 e. The monoisotopic (exact) mass is 456 g/mol. The molecule has 1 aromatic carbocycles. The topological polar surface area (TPSA) is 123 Å². The van der Waals surface area contributed by atoms with Crippen molar-refractivity contribution in [3.63, 3.8) is 0 Å². The van der Waals surface area contributed by atoms with E-state index >= 15 is 0 Å². The first-order valence-corrected chi connectivity index (χ1v) is 11.3. The van der Waals surface area contributed by atoms with E-state index in [1.165, 1.54) is 6.92 Å². The molecule has 0 spiro atoms. The van der Waals surface area contributed by atoms with Crippen LogP contribution < -0.4 is 21.7 Å². The molecule has 2 unspecified atom stereocenters. The quantitative estimate of drug-likeness (QED) is 0.432. The van der Waals surface area contributed by atoms with E-state index in [2.05, 4.69) is 34.8 Å².